The molecule has 7 heteroatoms. The lowest BCUT2D eigenvalue weighted by atomic mass is 9.92. The van der Waals surface area contributed by atoms with Crippen molar-refractivity contribution >= 4 is 29.3 Å². The number of rotatable bonds is 5. The van der Waals surface area contributed by atoms with E-state index in [0.29, 0.717) is 11.6 Å². The highest BCUT2D eigenvalue weighted by molar-refractivity contribution is 7.99. The van der Waals surface area contributed by atoms with E-state index in [-0.39, 0.29) is 18.1 Å². The van der Waals surface area contributed by atoms with E-state index in [9.17, 15) is 5.11 Å². The van der Waals surface area contributed by atoms with Crippen LogP contribution >= 0.6 is 23.4 Å². The van der Waals surface area contributed by atoms with Crippen LogP contribution in [0.3, 0.4) is 0 Å². The second-order valence-corrected chi connectivity index (χ2v) is 7.49. The number of nitrogens with one attached hydrogen (secondary N) is 1. The van der Waals surface area contributed by atoms with Crippen LogP contribution < -0.4 is 11.1 Å². The molecule has 2 unspecified atom stereocenters. The topological polar surface area (TPSA) is 84.1 Å². The SMILES string of the molecule is Nc1ncc(Sc2ccc(Cl)cc2)c(CNC2CCCCC2O)n1. The van der Waals surface area contributed by atoms with Gasteiger partial charge in [-0.15, -0.1) is 0 Å². The molecular weight excluding hydrogens is 344 g/mol. The summed E-state index contributed by atoms with van der Waals surface area (Å²) in [6, 6.07) is 7.76. The standard InChI is InChI=1S/C17H21ClN4OS/c18-11-5-7-12(8-6-11)24-16-10-21-17(19)22-14(16)9-20-13-3-1-2-4-15(13)23/h5-8,10,13,15,20,23H,1-4,9H2,(H2,19,21,22). The lowest BCUT2D eigenvalue weighted by Crippen LogP contribution is -2.41. The average Bonchev–Trinajstić information content (AvgIpc) is 2.58. The Balaban J connectivity index is 1.71. The summed E-state index contributed by atoms with van der Waals surface area (Å²) in [6.45, 7) is 0.560. The van der Waals surface area contributed by atoms with E-state index >= 15 is 0 Å². The van der Waals surface area contributed by atoms with Crippen molar-refractivity contribution < 1.29 is 5.11 Å². The number of aliphatic hydroxyl groups excluding tert-OH is 1. The maximum absolute atomic E-state index is 10.1. The molecule has 4 N–H and O–H groups in total. The van der Waals surface area contributed by atoms with Gasteiger partial charge in [0.2, 0.25) is 5.95 Å². The molecule has 2 aromatic rings. The average molecular weight is 365 g/mol. The first-order valence-corrected chi connectivity index (χ1v) is 9.27. The Hall–Kier alpha value is -1.34. The van der Waals surface area contributed by atoms with E-state index < -0.39 is 0 Å². The summed E-state index contributed by atoms with van der Waals surface area (Å²) in [7, 11) is 0. The highest BCUT2D eigenvalue weighted by Gasteiger charge is 2.22. The quantitative estimate of drug-likeness (QED) is 0.755. The zero-order chi connectivity index (χ0) is 16.9. The largest absolute Gasteiger partial charge is 0.392 e. The van der Waals surface area contributed by atoms with Gasteiger partial charge in [0, 0.05) is 28.7 Å². The van der Waals surface area contributed by atoms with Crippen molar-refractivity contribution in [1.82, 2.24) is 15.3 Å². The molecule has 0 spiro atoms. The third-order valence-electron chi connectivity index (χ3n) is 4.15. The zero-order valence-electron chi connectivity index (χ0n) is 13.3. The molecule has 5 nitrogen and oxygen atoms in total. The van der Waals surface area contributed by atoms with Crippen molar-refractivity contribution in [3.63, 3.8) is 0 Å². The van der Waals surface area contributed by atoms with Crippen LogP contribution in [0.15, 0.2) is 40.3 Å². The number of nitrogen functional groups attached to an aromatic ring is 1. The molecule has 1 aliphatic rings. The van der Waals surface area contributed by atoms with Crippen molar-refractivity contribution in [2.75, 3.05) is 5.73 Å². The van der Waals surface area contributed by atoms with Crippen LogP contribution in [0.5, 0.6) is 0 Å². The van der Waals surface area contributed by atoms with Gasteiger partial charge in [0.05, 0.1) is 16.7 Å². The number of benzene rings is 1. The van der Waals surface area contributed by atoms with Gasteiger partial charge in [-0.3, -0.25) is 0 Å². The first-order valence-electron chi connectivity index (χ1n) is 8.08. The summed E-state index contributed by atoms with van der Waals surface area (Å²) in [5.74, 6) is 0.261. The van der Waals surface area contributed by atoms with Gasteiger partial charge in [-0.1, -0.05) is 36.2 Å². The molecular formula is C17H21ClN4OS. The predicted molar refractivity (Wildman–Crippen MR) is 97.1 cm³/mol. The maximum atomic E-state index is 10.1. The van der Waals surface area contributed by atoms with Crippen LogP contribution in [0.25, 0.3) is 0 Å². The number of hydrogen-bond acceptors (Lipinski definition) is 6. The van der Waals surface area contributed by atoms with Crippen LogP contribution in [0.2, 0.25) is 5.02 Å². The van der Waals surface area contributed by atoms with E-state index in [0.717, 1.165) is 41.2 Å². The summed E-state index contributed by atoms with van der Waals surface area (Å²) in [6.07, 6.45) is 5.54. The van der Waals surface area contributed by atoms with Gasteiger partial charge >= 0.3 is 0 Å². The van der Waals surface area contributed by atoms with Gasteiger partial charge in [-0.05, 0) is 37.1 Å². The lowest BCUT2D eigenvalue weighted by molar-refractivity contribution is 0.0900. The maximum Gasteiger partial charge on any atom is 0.220 e. The Labute approximate surface area is 151 Å². The fourth-order valence-electron chi connectivity index (χ4n) is 2.84. The summed E-state index contributed by atoms with van der Waals surface area (Å²) >= 11 is 7.51. The number of aromatic nitrogens is 2. The second-order valence-electron chi connectivity index (χ2n) is 5.93. The molecule has 128 valence electrons. The third-order valence-corrected chi connectivity index (χ3v) is 5.47. The molecule has 1 heterocycles. The van der Waals surface area contributed by atoms with E-state index in [1.165, 1.54) is 0 Å². The Morgan fingerprint density at radius 2 is 2.00 bits per heavy atom. The van der Waals surface area contributed by atoms with Gasteiger partial charge in [0.25, 0.3) is 0 Å². The van der Waals surface area contributed by atoms with Gasteiger partial charge in [-0.25, -0.2) is 9.97 Å². The molecule has 1 aromatic carbocycles. The fraction of sp³-hybridized carbons (Fsp3) is 0.412. The Bertz CT molecular complexity index is 683. The minimum absolute atomic E-state index is 0.114. The molecule has 1 fully saturated rings. The minimum Gasteiger partial charge on any atom is -0.392 e. The Kier molecular flexibility index (Phi) is 5.94. The molecule has 0 bridgehead atoms. The van der Waals surface area contributed by atoms with Gasteiger partial charge in [0.1, 0.15) is 0 Å². The summed E-state index contributed by atoms with van der Waals surface area (Å²) in [4.78, 5) is 10.5. The van der Waals surface area contributed by atoms with Gasteiger partial charge in [0.15, 0.2) is 0 Å². The molecule has 1 aromatic heterocycles. The number of halogens is 1. The van der Waals surface area contributed by atoms with Crippen molar-refractivity contribution in [1.29, 1.82) is 0 Å². The molecule has 0 radical (unpaired) electrons. The van der Waals surface area contributed by atoms with Gasteiger partial charge < -0.3 is 16.2 Å². The molecule has 1 aliphatic carbocycles. The van der Waals surface area contributed by atoms with E-state index in [4.69, 9.17) is 17.3 Å². The van der Waals surface area contributed by atoms with Crippen molar-refractivity contribution in [3.8, 4) is 0 Å². The normalized spacial score (nSPS) is 20.9. The minimum atomic E-state index is -0.287. The Morgan fingerprint density at radius 1 is 1.25 bits per heavy atom. The van der Waals surface area contributed by atoms with Crippen LogP contribution in [0.1, 0.15) is 31.4 Å². The number of hydrogen-bond donors (Lipinski definition) is 3. The molecule has 24 heavy (non-hydrogen) atoms. The molecule has 2 atom stereocenters. The summed E-state index contributed by atoms with van der Waals surface area (Å²) in [5.41, 5.74) is 6.60. The number of nitrogens with two attached hydrogens (primary N) is 1. The molecule has 3 rings (SSSR count). The monoisotopic (exact) mass is 364 g/mol. The van der Waals surface area contributed by atoms with E-state index in [1.807, 2.05) is 24.3 Å². The first kappa shape index (κ1) is 17.5. The second kappa shape index (κ2) is 8.16. The summed E-state index contributed by atoms with van der Waals surface area (Å²) in [5, 5.41) is 14.2. The smallest absolute Gasteiger partial charge is 0.220 e. The highest BCUT2D eigenvalue weighted by Crippen LogP contribution is 2.30. The van der Waals surface area contributed by atoms with Crippen LogP contribution in [0, 0.1) is 0 Å². The predicted octanol–water partition coefficient (Wildman–Crippen LogP) is 3.26. The lowest BCUT2D eigenvalue weighted by Gasteiger charge is -2.28. The first-order chi connectivity index (χ1) is 11.6. The number of aliphatic hydroxyl groups is 1. The summed E-state index contributed by atoms with van der Waals surface area (Å²) < 4.78 is 0. The molecule has 0 aliphatic heterocycles. The fourth-order valence-corrected chi connectivity index (χ4v) is 3.83. The van der Waals surface area contributed by atoms with Crippen molar-refractivity contribution in [2.45, 2.75) is 54.2 Å². The third kappa shape index (κ3) is 4.60. The highest BCUT2D eigenvalue weighted by atomic mass is 35.5. The molecule has 0 saturated heterocycles. The Morgan fingerprint density at radius 3 is 2.75 bits per heavy atom. The molecule has 1 saturated carbocycles. The number of anilines is 1. The molecule has 0 amide bonds. The van der Waals surface area contributed by atoms with E-state index in [2.05, 4.69) is 15.3 Å². The van der Waals surface area contributed by atoms with Crippen LogP contribution in [-0.2, 0) is 6.54 Å². The zero-order valence-corrected chi connectivity index (χ0v) is 14.9. The van der Waals surface area contributed by atoms with Crippen LogP contribution in [-0.4, -0.2) is 27.2 Å². The van der Waals surface area contributed by atoms with E-state index in [1.54, 1.807) is 18.0 Å². The number of nitrogens with zero attached hydrogens (tertiary/aromatic N) is 2. The van der Waals surface area contributed by atoms with Crippen molar-refractivity contribution in [2.24, 2.45) is 0 Å². The van der Waals surface area contributed by atoms with Gasteiger partial charge in [-0.2, -0.15) is 0 Å². The van der Waals surface area contributed by atoms with Crippen LogP contribution in [0.4, 0.5) is 5.95 Å². The van der Waals surface area contributed by atoms with Crippen molar-refractivity contribution in [3.05, 3.63) is 41.2 Å².